The molecule has 0 saturated carbocycles. The minimum absolute atomic E-state index is 0.107. The molecule has 0 saturated heterocycles. The average Bonchev–Trinajstić information content (AvgIpc) is 2.41. The number of hydrogen-bond donors (Lipinski definition) is 0. The van der Waals surface area contributed by atoms with Crippen molar-refractivity contribution in [3.63, 3.8) is 0 Å². The topological polar surface area (TPSA) is 63.7 Å². The molecule has 1 atom stereocenters. The summed E-state index contributed by atoms with van der Waals surface area (Å²) < 4.78 is 37.8. The first-order valence-corrected chi connectivity index (χ1v) is 5.92. The highest BCUT2D eigenvalue weighted by Crippen LogP contribution is 2.26. The maximum absolute atomic E-state index is 12.6. The third-order valence-corrected chi connectivity index (χ3v) is 2.66. The molecule has 0 aliphatic heterocycles. The molecule has 1 aromatic heterocycles. The van der Waals surface area contributed by atoms with Gasteiger partial charge in [-0.1, -0.05) is 6.07 Å². The van der Waals surface area contributed by atoms with Gasteiger partial charge >= 0.3 is 6.18 Å². The van der Waals surface area contributed by atoms with E-state index < -0.39 is 18.6 Å². The molecular weight excluding hydrogens is 269 g/mol. The van der Waals surface area contributed by atoms with Crippen molar-refractivity contribution in [1.82, 2.24) is 9.88 Å². The van der Waals surface area contributed by atoms with Crippen LogP contribution in [0.5, 0.6) is 0 Å². The molecule has 0 radical (unpaired) electrons. The number of halogens is 3. The van der Waals surface area contributed by atoms with Gasteiger partial charge in [-0.25, -0.2) is 0 Å². The summed E-state index contributed by atoms with van der Waals surface area (Å²) in [6.07, 6.45) is -1.34. The highest BCUT2D eigenvalue weighted by Gasteiger charge is 2.40. The third kappa shape index (κ3) is 5.25. The Balaban J connectivity index is 2.74. The van der Waals surface area contributed by atoms with Gasteiger partial charge in [0.25, 0.3) is 0 Å². The lowest BCUT2D eigenvalue weighted by atomic mass is 10.1. The average molecular weight is 282 g/mol. The molecule has 1 unspecified atom stereocenters. The Morgan fingerprint density at radius 1 is 1.35 bits per heavy atom. The quantitative estimate of drug-likeness (QED) is 0.804. The number of hydrogen-bond acceptors (Lipinski definition) is 4. The molecule has 1 rings (SSSR count). The van der Waals surface area contributed by atoms with Crippen LogP contribution in [0.4, 0.5) is 13.2 Å². The van der Waals surface area contributed by atoms with Crippen molar-refractivity contribution in [3.05, 3.63) is 30.1 Å². The van der Waals surface area contributed by atoms with E-state index in [4.69, 9.17) is 10.5 Å². The van der Waals surface area contributed by atoms with Crippen LogP contribution in [-0.2, 0) is 6.54 Å². The van der Waals surface area contributed by atoms with Gasteiger partial charge in [0, 0.05) is 38.4 Å². The van der Waals surface area contributed by atoms with Crippen LogP contribution in [0, 0.1) is 28.6 Å². The highest BCUT2D eigenvalue weighted by molar-refractivity contribution is 5.08. The Kier molecular flexibility index (Phi) is 5.95. The van der Waals surface area contributed by atoms with Crippen molar-refractivity contribution < 1.29 is 13.2 Å². The van der Waals surface area contributed by atoms with Crippen molar-refractivity contribution in [3.8, 4) is 12.1 Å². The lowest BCUT2D eigenvalue weighted by molar-refractivity contribution is -0.163. The van der Waals surface area contributed by atoms with Crippen molar-refractivity contribution >= 4 is 0 Å². The molecule has 0 aliphatic rings. The summed E-state index contributed by atoms with van der Waals surface area (Å²) in [5.74, 6) is -2.06. The van der Waals surface area contributed by atoms with Gasteiger partial charge < -0.3 is 0 Å². The van der Waals surface area contributed by atoms with E-state index in [9.17, 15) is 13.2 Å². The van der Waals surface area contributed by atoms with Gasteiger partial charge in [0.15, 0.2) is 5.92 Å². The SMILES string of the molecule is N#CCCN(Cc1cccnc1)CC(C#N)C(F)(F)F. The third-order valence-electron chi connectivity index (χ3n) is 2.66. The molecule has 0 fully saturated rings. The predicted octanol–water partition coefficient (Wildman–Crippen LogP) is 2.50. The Bertz CT molecular complexity index is 487. The van der Waals surface area contributed by atoms with Crippen LogP contribution < -0.4 is 0 Å². The Labute approximate surface area is 115 Å². The largest absolute Gasteiger partial charge is 0.405 e. The minimum Gasteiger partial charge on any atom is -0.296 e. The molecular formula is C13H13F3N4. The smallest absolute Gasteiger partial charge is 0.296 e. The van der Waals surface area contributed by atoms with E-state index >= 15 is 0 Å². The van der Waals surface area contributed by atoms with Crippen LogP contribution in [0.1, 0.15) is 12.0 Å². The molecule has 0 N–H and O–H groups in total. The molecule has 1 heterocycles. The zero-order valence-corrected chi connectivity index (χ0v) is 10.6. The van der Waals surface area contributed by atoms with Gasteiger partial charge in [-0.15, -0.1) is 0 Å². The standard InChI is InChI=1S/C13H13F3N4/c14-13(15,16)12(7-18)10-20(6-2-4-17)9-11-3-1-5-19-8-11/h1,3,5,8,12H,2,6,9-10H2. The molecule has 0 spiro atoms. The van der Waals surface area contributed by atoms with Crippen LogP contribution in [0.2, 0.25) is 0 Å². The van der Waals surface area contributed by atoms with E-state index in [0.717, 1.165) is 5.56 Å². The second-order valence-corrected chi connectivity index (χ2v) is 4.23. The fraction of sp³-hybridized carbons (Fsp3) is 0.462. The summed E-state index contributed by atoms with van der Waals surface area (Å²) >= 11 is 0. The van der Waals surface area contributed by atoms with E-state index in [2.05, 4.69) is 4.98 Å². The first kappa shape index (κ1) is 15.9. The second kappa shape index (κ2) is 7.46. The number of rotatable bonds is 6. The van der Waals surface area contributed by atoms with Gasteiger partial charge in [-0.05, 0) is 11.6 Å². The van der Waals surface area contributed by atoms with Gasteiger partial charge in [-0.3, -0.25) is 9.88 Å². The van der Waals surface area contributed by atoms with E-state index in [-0.39, 0.29) is 19.5 Å². The first-order valence-electron chi connectivity index (χ1n) is 5.92. The summed E-state index contributed by atoms with van der Waals surface area (Å²) in [5, 5.41) is 17.2. The molecule has 20 heavy (non-hydrogen) atoms. The van der Waals surface area contributed by atoms with Crippen molar-refractivity contribution in [1.29, 1.82) is 10.5 Å². The number of pyridine rings is 1. The molecule has 1 aromatic rings. The van der Waals surface area contributed by atoms with E-state index in [1.54, 1.807) is 24.5 Å². The number of aromatic nitrogens is 1. The Morgan fingerprint density at radius 3 is 2.60 bits per heavy atom. The van der Waals surface area contributed by atoms with E-state index in [1.165, 1.54) is 11.0 Å². The van der Waals surface area contributed by atoms with Crippen LogP contribution in [-0.4, -0.2) is 29.1 Å². The maximum Gasteiger partial charge on any atom is 0.405 e. The summed E-state index contributed by atoms with van der Waals surface area (Å²) in [7, 11) is 0. The number of alkyl halides is 3. The van der Waals surface area contributed by atoms with E-state index in [1.807, 2.05) is 6.07 Å². The minimum atomic E-state index is -4.56. The lowest BCUT2D eigenvalue weighted by Crippen LogP contribution is -2.36. The summed E-state index contributed by atoms with van der Waals surface area (Å²) in [4.78, 5) is 5.33. The Morgan fingerprint density at radius 2 is 2.10 bits per heavy atom. The number of nitriles is 2. The van der Waals surface area contributed by atoms with Crippen LogP contribution in [0.15, 0.2) is 24.5 Å². The summed E-state index contributed by atoms with van der Waals surface area (Å²) in [5.41, 5.74) is 0.740. The molecule has 0 bridgehead atoms. The van der Waals surface area contributed by atoms with Gasteiger partial charge in [-0.2, -0.15) is 23.7 Å². The lowest BCUT2D eigenvalue weighted by Gasteiger charge is -2.24. The predicted molar refractivity (Wildman–Crippen MR) is 64.9 cm³/mol. The van der Waals surface area contributed by atoms with Crippen molar-refractivity contribution in [2.45, 2.75) is 19.1 Å². The van der Waals surface area contributed by atoms with Crippen LogP contribution in [0.3, 0.4) is 0 Å². The van der Waals surface area contributed by atoms with E-state index in [0.29, 0.717) is 0 Å². The van der Waals surface area contributed by atoms with Gasteiger partial charge in [0.1, 0.15) is 0 Å². The molecule has 0 aliphatic carbocycles. The zero-order valence-electron chi connectivity index (χ0n) is 10.6. The molecule has 4 nitrogen and oxygen atoms in total. The summed E-state index contributed by atoms with van der Waals surface area (Å²) in [6, 6.07) is 6.58. The fourth-order valence-corrected chi connectivity index (χ4v) is 1.67. The highest BCUT2D eigenvalue weighted by atomic mass is 19.4. The Hall–Kier alpha value is -2.12. The van der Waals surface area contributed by atoms with Crippen LogP contribution in [0.25, 0.3) is 0 Å². The van der Waals surface area contributed by atoms with Gasteiger partial charge in [0.2, 0.25) is 0 Å². The molecule has 0 amide bonds. The van der Waals surface area contributed by atoms with Crippen molar-refractivity contribution in [2.24, 2.45) is 5.92 Å². The fourth-order valence-electron chi connectivity index (χ4n) is 1.67. The maximum atomic E-state index is 12.6. The molecule has 106 valence electrons. The zero-order chi connectivity index (χ0) is 15.0. The van der Waals surface area contributed by atoms with Gasteiger partial charge in [0.05, 0.1) is 12.1 Å². The summed E-state index contributed by atoms with van der Waals surface area (Å²) in [6.45, 7) is -0.0417. The van der Waals surface area contributed by atoms with Crippen LogP contribution >= 0.6 is 0 Å². The monoisotopic (exact) mass is 282 g/mol. The second-order valence-electron chi connectivity index (χ2n) is 4.23. The number of nitrogens with zero attached hydrogens (tertiary/aromatic N) is 4. The normalized spacial score (nSPS) is 12.7. The molecule has 0 aromatic carbocycles. The first-order chi connectivity index (χ1) is 9.47. The molecule has 7 heteroatoms. The van der Waals surface area contributed by atoms with Crippen molar-refractivity contribution in [2.75, 3.05) is 13.1 Å².